The number of unbranched alkanes of at least 4 members (excludes halogenated alkanes) is 1. The van der Waals surface area contributed by atoms with E-state index >= 15 is 0 Å². The van der Waals surface area contributed by atoms with Crippen LogP contribution in [0, 0.1) is 0 Å². The first-order valence-corrected chi connectivity index (χ1v) is 8.12. The molecule has 0 fully saturated rings. The van der Waals surface area contributed by atoms with Crippen LogP contribution in [-0.2, 0) is 17.6 Å². The molecule has 0 saturated heterocycles. The zero-order valence-electron chi connectivity index (χ0n) is 12.7. The molecule has 1 heterocycles. The van der Waals surface area contributed by atoms with Gasteiger partial charge in [-0.15, -0.1) is 0 Å². The highest BCUT2D eigenvalue weighted by atomic mass is 16.3. The number of anilines is 1. The van der Waals surface area contributed by atoms with Crippen molar-refractivity contribution in [3.63, 3.8) is 0 Å². The first-order valence-electron chi connectivity index (χ1n) is 8.12. The molecule has 21 heavy (non-hydrogen) atoms. The number of amides is 1. The van der Waals surface area contributed by atoms with Gasteiger partial charge in [-0.1, -0.05) is 19.8 Å². The number of nitrogens with one attached hydrogen (secondary N) is 1. The van der Waals surface area contributed by atoms with Crippen LogP contribution in [0.5, 0.6) is 0 Å². The van der Waals surface area contributed by atoms with Crippen molar-refractivity contribution < 1.29 is 9.21 Å². The molecular formula is C18H23NO2. The van der Waals surface area contributed by atoms with Gasteiger partial charge in [0.15, 0.2) is 0 Å². The Morgan fingerprint density at radius 2 is 2.10 bits per heavy atom. The lowest BCUT2D eigenvalue weighted by atomic mass is 10.1. The summed E-state index contributed by atoms with van der Waals surface area (Å²) in [5.74, 6) is 1.25. The Hall–Kier alpha value is -1.77. The van der Waals surface area contributed by atoms with E-state index in [1.165, 1.54) is 30.2 Å². The third-order valence-electron chi connectivity index (χ3n) is 4.25. The SMILES string of the molecule is CCCCC(=O)Nc1ccc2oc3c(c2c1)CCCCC3. The zero-order chi connectivity index (χ0) is 14.7. The van der Waals surface area contributed by atoms with Crippen LogP contribution in [0.3, 0.4) is 0 Å². The lowest BCUT2D eigenvalue weighted by Crippen LogP contribution is -2.10. The van der Waals surface area contributed by atoms with Gasteiger partial charge in [-0.2, -0.15) is 0 Å². The fraction of sp³-hybridized carbons (Fsp3) is 0.500. The summed E-state index contributed by atoms with van der Waals surface area (Å²) in [5, 5.41) is 4.18. The summed E-state index contributed by atoms with van der Waals surface area (Å²) in [6.45, 7) is 2.10. The van der Waals surface area contributed by atoms with E-state index in [2.05, 4.69) is 18.3 Å². The molecule has 3 heteroatoms. The zero-order valence-corrected chi connectivity index (χ0v) is 12.7. The van der Waals surface area contributed by atoms with Crippen LogP contribution in [0.4, 0.5) is 5.69 Å². The number of fused-ring (bicyclic) bond motifs is 3. The number of carbonyl (C=O) groups excluding carboxylic acids is 1. The van der Waals surface area contributed by atoms with Crippen molar-refractivity contribution in [2.45, 2.75) is 58.3 Å². The van der Waals surface area contributed by atoms with Gasteiger partial charge >= 0.3 is 0 Å². The molecule has 1 aromatic heterocycles. The second kappa shape index (κ2) is 6.33. The Morgan fingerprint density at radius 3 is 2.95 bits per heavy atom. The minimum atomic E-state index is 0.103. The summed E-state index contributed by atoms with van der Waals surface area (Å²) in [7, 11) is 0. The van der Waals surface area contributed by atoms with E-state index < -0.39 is 0 Å². The maximum atomic E-state index is 11.9. The van der Waals surface area contributed by atoms with Crippen LogP contribution >= 0.6 is 0 Å². The molecule has 1 aliphatic carbocycles. The second-order valence-corrected chi connectivity index (χ2v) is 5.93. The van der Waals surface area contributed by atoms with Crippen molar-refractivity contribution in [3.8, 4) is 0 Å². The lowest BCUT2D eigenvalue weighted by molar-refractivity contribution is -0.116. The van der Waals surface area contributed by atoms with Crippen LogP contribution in [0.15, 0.2) is 22.6 Å². The molecule has 0 unspecified atom stereocenters. The van der Waals surface area contributed by atoms with E-state index in [1.807, 2.05) is 12.1 Å². The van der Waals surface area contributed by atoms with Gasteiger partial charge in [0.1, 0.15) is 11.3 Å². The number of hydrogen-bond donors (Lipinski definition) is 1. The Morgan fingerprint density at radius 1 is 1.24 bits per heavy atom. The molecule has 3 nitrogen and oxygen atoms in total. The second-order valence-electron chi connectivity index (χ2n) is 5.93. The van der Waals surface area contributed by atoms with Crippen molar-refractivity contribution in [1.82, 2.24) is 0 Å². The summed E-state index contributed by atoms with van der Waals surface area (Å²) >= 11 is 0. The Bertz CT molecular complexity index is 642. The van der Waals surface area contributed by atoms with Crippen LogP contribution in [0.1, 0.15) is 56.8 Å². The van der Waals surface area contributed by atoms with Crippen LogP contribution in [-0.4, -0.2) is 5.91 Å². The van der Waals surface area contributed by atoms with Gasteiger partial charge in [0, 0.05) is 29.5 Å². The smallest absolute Gasteiger partial charge is 0.224 e. The highest BCUT2D eigenvalue weighted by Crippen LogP contribution is 2.32. The summed E-state index contributed by atoms with van der Waals surface area (Å²) in [5.41, 5.74) is 3.19. The average molecular weight is 285 g/mol. The maximum absolute atomic E-state index is 11.9. The molecule has 2 aromatic rings. The van der Waals surface area contributed by atoms with E-state index in [9.17, 15) is 4.79 Å². The van der Waals surface area contributed by atoms with E-state index in [0.29, 0.717) is 6.42 Å². The average Bonchev–Trinajstić information content (AvgIpc) is 2.67. The predicted molar refractivity (Wildman–Crippen MR) is 85.6 cm³/mol. The molecule has 0 atom stereocenters. The number of aryl methyl sites for hydroxylation is 2. The number of hydrogen-bond acceptors (Lipinski definition) is 2. The largest absolute Gasteiger partial charge is 0.461 e. The third kappa shape index (κ3) is 3.12. The molecule has 112 valence electrons. The van der Waals surface area contributed by atoms with Crippen molar-refractivity contribution in [1.29, 1.82) is 0 Å². The molecular weight excluding hydrogens is 262 g/mol. The van der Waals surface area contributed by atoms with Gasteiger partial charge in [0.2, 0.25) is 5.91 Å². The molecule has 0 bridgehead atoms. The maximum Gasteiger partial charge on any atom is 0.224 e. The molecule has 1 aliphatic rings. The van der Waals surface area contributed by atoms with E-state index in [-0.39, 0.29) is 5.91 Å². The Kier molecular flexibility index (Phi) is 4.28. The minimum absolute atomic E-state index is 0.103. The van der Waals surface area contributed by atoms with Crippen LogP contribution in [0.25, 0.3) is 11.0 Å². The van der Waals surface area contributed by atoms with Crippen LogP contribution in [0.2, 0.25) is 0 Å². The molecule has 0 spiro atoms. The van der Waals surface area contributed by atoms with Gasteiger partial charge in [-0.3, -0.25) is 4.79 Å². The Labute approximate surface area is 125 Å². The normalized spacial score (nSPS) is 14.7. The third-order valence-corrected chi connectivity index (χ3v) is 4.25. The number of benzene rings is 1. The number of furan rings is 1. The quantitative estimate of drug-likeness (QED) is 0.817. The lowest BCUT2D eigenvalue weighted by Gasteiger charge is -2.05. The van der Waals surface area contributed by atoms with Crippen LogP contribution < -0.4 is 5.32 Å². The fourth-order valence-corrected chi connectivity index (χ4v) is 3.08. The molecule has 1 aromatic carbocycles. The highest BCUT2D eigenvalue weighted by Gasteiger charge is 2.17. The molecule has 1 N–H and O–H groups in total. The van der Waals surface area contributed by atoms with Crippen molar-refractivity contribution >= 4 is 22.6 Å². The number of rotatable bonds is 4. The van der Waals surface area contributed by atoms with Gasteiger partial charge in [0.05, 0.1) is 0 Å². The molecule has 3 rings (SSSR count). The van der Waals surface area contributed by atoms with Gasteiger partial charge in [-0.25, -0.2) is 0 Å². The van der Waals surface area contributed by atoms with Crippen molar-refractivity contribution in [2.75, 3.05) is 5.32 Å². The summed E-state index contributed by atoms with van der Waals surface area (Å²) in [4.78, 5) is 11.9. The van der Waals surface area contributed by atoms with Gasteiger partial charge in [-0.05, 0) is 43.9 Å². The summed E-state index contributed by atoms with van der Waals surface area (Å²) in [6, 6.07) is 6.00. The molecule has 0 aliphatic heterocycles. The molecule has 1 amide bonds. The first-order chi connectivity index (χ1) is 10.3. The number of carbonyl (C=O) groups is 1. The van der Waals surface area contributed by atoms with Crippen molar-refractivity contribution in [3.05, 3.63) is 29.5 Å². The fourth-order valence-electron chi connectivity index (χ4n) is 3.08. The Balaban J connectivity index is 1.85. The predicted octanol–water partition coefficient (Wildman–Crippen LogP) is 4.83. The van der Waals surface area contributed by atoms with Gasteiger partial charge in [0.25, 0.3) is 0 Å². The molecule has 0 saturated carbocycles. The molecule has 0 radical (unpaired) electrons. The monoisotopic (exact) mass is 285 g/mol. The van der Waals surface area contributed by atoms with E-state index in [0.717, 1.165) is 42.7 Å². The van der Waals surface area contributed by atoms with E-state index in [1.54, 1.807) is 0 Å². The van der Waals surface area contributed by atoms with E-state index in [4.69, 9.17) is 4.42 Å². The summed E-state index contributed by atoms with van der Waals surface area (Å²) in [6.07, 6.45) is 8.44. The van der Waals surface area contributed by atoms with Gasteiger partial charge < -0.3 is 9.73 Å². The first kappa shape index (κ1) is 14.2. The van der Waals surface area contributed by atoms with Crippen molar-refractivity contribution in [2.24, 2.45) is 0 Å². The highest BCUT2D eigenvalue weighted by molar-refractivity contribution is 5.94. The standard InChI is InChI=1S/C18H23NO2/c1-2-3-9-18(20)19-13-10-11-17-15(12-13)14-7-5-4-6-8-16(14)21-17/h10-12H,2-9H2,1H3,(H,19,20). The summed E-state index contributed by atoms with van der Waals surface area (Å²) < 4.78 is 5.98. The topological polar surface area (TPSA) is 42.2 Å². The minimum Gasteiger partial charge on any atom is -0.461 e.